The van der Waals surface area contributed by atoms with Gasteiger partial charge in [0.25, 0.3) is 0 Å². The van der Waals surface area contributed by atoms with Crippen LogP contribution in [-0.2, 0) is 4.74 Å². The summed E-state index contributed by atoms with van der Waals surface area (Å²) >= 11 is 3.66. The van der Waals surface area contributed by atoms with E-state index in [1.54, 1.807) is 0 Å². The number of fused-ring (bicyclic) bond motifs is 1. The van der Waals surface area contributed by atoms with Gasteiger partial charge in [0, 0.05) is 29.3 Å². The Morgan fingerprint density at radius 1 is 1.05 bits per heavy atom. The maximum absolute atomic E-state index is 6.17. The molecule has 1 aliphatic rings. The second-order valence-electron chi connectivity index (χ2n) is 5.51. The Balaban J connectivity index is 1.79. The van der Waals surface area contributed by atoms with Gasteiger partial charge < -0.3 is 9.47 Å². The fourth-order valence-electron chi connectivity index (χ4n) is 2.67. The van der Waals surface area contributed by atoms with E-state index in [0.29, 0.717) is 0 Å². The van der Waals surface area contributed by atoms with Crippen LogP contribution in [0.5, 0.6) is 5.75 Å². The zero-order chi connectivity index (χ0) is 13.8. The minimum atomic E-state index is 0.204. The van der Waals surface area contributed by atoms with Crippen molar-refractivity contribution in [3.05, 3.63) is 42.5 Å². The normalized spacial score (nSPS) is 18.1. The standard InChI is InChI=1S/C17H19BrO2/c18-12-17(8-10-19-11-9-17)13-20-16-7-3-5-14-4-1-2-6-15(14)16/h1-7H,8-13H2. The molecule has 3 heteroatoms. The van der Waals surface area contributed by atoms with Crippen molar-refractivity contribution in [2.24, 2.45) is 5.41 Å². The number of halogens is 1. The van der Waals surface area contributed by atoms with Crippen molar-refractivity contribution >= 4 is 26.7 Å². The summed E-state index contributed by atoms with van der Waals surface area (Å²) < 4.78 is 11.6. The quantitative estimate of drug-likeness (QED) is 0.771. The van der Waals surface area contributed by atoms with E-state index in [-0.39, 0.29) is 5.41 Å². The molecule has 1 saturated heterocycles. The molecule has 3 rings (SSSR count). The van der Waals surface area contributed by atoms with Crippen LogP contribution in [0.4, 0.5) is 0 Å². The van der Waals surface area contributed by atoms with Crippen molar-refractivity contribution in [3.63, 3.8) is 0 Å². The van der Waals surface area contributed by atoms with Gasteiger partial charge in [-0.25, -0.2) is 0 Å². The van der Waals surface area contributed by atoms with Crippen LogP contribution in [0.15, 0.2) is 42.5 Å². The number of rotatable bonds is 4. The Kier molecular flexibility index (Phi) is 4.27. The molecule has 0 aromatic heterocycles. The maximum atomic E-state index is 6.17. The van der Waals surface area contributed by atoms with Crippen LogP contribution >= 0.6 is 15.9 Å². The second kappa shape index (κ2) is 6.15. The molecule has 20 heavy (non-hydrogen) atoms. The molecule has 2 aromatic carbocycles. The van der Waals surface area contributed by atoms with Crippen molar-refractivity contribution in [2.45, 2.75) is 12.8 Å². The minimum Gasteiger partial charge on any atom is -0.492 e. The summed E-state index contributed by atoms with van der Waals surface area (Å²) in [5, 5.41) is 3.38. The first-order valence-electron chi connectivity index (χ1n) is 7.07. The van der Waals surface area contributed by atoms with E-state index < -0.39 is 0 Å². The molecular weight excluding hydrogens is 316 g/mol. The van der Waals surface area contributed by atoms with Crippen LogP contribution in [0.25, 0.3) is 10.8 Å². The minimum absolute atomic E-state index is 0.204. The first-order chi connectivity index (χ1) is 9.83. The van der Waals surface area contributed by atoms with Gasteiger partial charge in [-0.3, -0.25) is 0 Å². The van der Waals surface area contributed by atoms with Gasteiger partial charge in [0.05, 0.1) is 6.61 Å². The average Bonchev–Trinajstić information content (AvgIpc) is 2.54. The Morgan fingerprint density at radius 3 is 2.60 bits per heavy atom. The SMILES string of the molecule is BrCC1(COc2cccc3ccccc23)CCOCC1. The first-order valence-corrected chi connectivity index (χ1v) is 8.19. The fourth-order valence-corrected chi connectivity index (χ4v) is 3.40. The Morgan fingerprint density at radius 2 is 1.80 bits per heavy atom. The molecule has 2 nitrogen and oxygen atoms in total. The van der Waals surface area contributed by atoms with Crippen LogP contribution < -0.4 is 4.74 Å². The summed E-state index contributed by atoms with van der Waals surface area (Å²) in [6.07, 6.45) is 2.12. The van der Waals surface area contributed by atoms with E-state index in [0.717, 1.165) is 43.7 Å². The van der Waals surface area contributed by atoms with Gasteiger partial charge in [0.1, 0.15) is 5.75 Å². The van der Waals surface area contributed by atoms with Crippen LogP contribution in [-0.4, -0.2) is 25.2 Å². The lowest BCUT2D eigenvalue weighted by Crippen LogP contribution is -2.36. The summed E-state index contributed by atoms with van der Waals surface area (Å²) in [6, 6.07) is 14.6. The highest BCUT2D eigenvalue weighted by molar-refractivity contribution is 9.09. The second-order valence-corrected chi connectivity index (χ2v) is 6.07. The Hall–Kier alpha value is -1.06. The van der Waals surface area contributed by atoms with Crippen LogP contribution in [0, 0.1) is 5.41 Å². The predicted molar refractivity (Wildman–Crippen MR) is 85.7 cm³/mol. The molecule has 1 heterocycles. The summed E-state index contributed by atoms with van der Waals surface area (Å²) in [7, 11) is 0. The molecule has 2 aromatic rings. The maximum Gasteiger partial charge on any atom is 0.127 e. The van der Waals surface area contributed by atoms with Crippen molar-refractivity contribution in [1.29, 1.82) is 0 Å². The zero-order valence-corrected chi connectivity index (χ0v) is 13.1. The lowest BCUT2D eigenvalue weighted by atomic mass is 9.83. The van der Waals surface area contributed by atoms with Crippen molar-refractivity contribution in [1.82, 2.24) is 0 Å². The molecule has 106 valence electrons. The number of alkyl halides is 1. The molecule has 0 amide bonds. The largest absolute Gasteiger partial charge is 0.492 e. The first kappa shape index (κ1) is 13.9. The van der Waals surface area contributed by atoms with Crippen LogP contribution in [0.2, 0.25) is 0 Å². The Bertz CT molecular complexity index is 571. The summed E-state index contributed by atoms with van der Waals surface area (Å²) in [4.78, 5) is 0. The van der Waals surface area contributed by atoms with Crippen LogP contribution in [0.3, 0.4) is 0 Å². The van der Waals surface area contributed by atoms with Gasteiger partial charge in [-0.05, 0) is 24.3 Å². The molecule has 0 saturated carbocycles. The number of hydrogen-bond acceptors (Lipinski definition) is 2. The van der Waals surface area contributed by atoms with Crippen molar-refractivity contribution in [2.75, 3.05) is 25.2 Å². The smallest absolute Gasteiger partial charge is 0.127 e. The highest BCUT2D eigenvalue weighted by Crippen LogP contribution is 2.34. The lowest BCUT2D eigenvalue weighted by Gasteiger charge is -2.35. The molecule has 0 unspecified atom stereocenters. The lowest BCUT2D eigenvalue weighted by molar-refractivity contribution is 0.00383. The molecule has 0 aliphatic carbocycles. The molecular formula is C17H19BrO2. The van der Waals surface area contributed by atoms with Crippen molar-refractivity contribution < 1.29 is 9.47 Å². The summed E-state index contributed by atoms with van der Waals surface area (Å²) in [6.45, 7) is 2.42. The van der Waals surface area contributed by atoms with E-state index in [2.05, 4.69) is 58.4 Å². The molecule has 1 aliphatic heterocycles. The number of ether oxygens (including phenoxy) is 2. The zero-order valence-electron chi connectivity index (χ0n) is 11.5. The highest BCUT2D eigenvalue weighted by atomic mass is 79.9. The predicted octanol–water partition coefficient (Wildman–Crippen LogP) is 4.41. The molecule has 1 fully saturated rings. The number of benzene rings is 2. The van der Waals surface area contributed by atoms with Gasteiger partial charge in [-0.15, -0.1) is 0 Å². The van der Waals surface area contributed by atoms with Gasteiger partial charge in [-0.1, -0.05) is 52.3 Å². The third kappa shape index (κ3) is 2.84. The van der Waals surface area contributed by atoms with E-state index in [1.165, 1.54) is 10.8 Å². The fraction of sp³-hybridized carbons (Fsp3) is 0.412. The topological polar surface area (TPSA) is 18.5 Å². The van der Waals surface area contributed by atoms with Gasteiger partial charge in [-0.2, -0.15) is 0 Å². The molecule has 0 spiro atoms. The Labute approximate surface area is 128 Å². The third-order valence-corrected chi connectivity index (χ3v) is 5.31. The monoisotopic (exact) mass is 334 g/mol. The van der Waals surface area contributed by atoms with Crippen molar-refractivity contribution in [3.8, 4) is 5.75 Å². The highest BCUT2D eigenvalue weighted by Gasteiger charge is 2.32. The van der Waals surface area contributed by atoms with Gasteiger partial charge in [0.15, 0.2) is 0 Å². The van der Waals surface area contributed by atoms with Crippen LogP contribution in [0.1, 0.15) is 12.8 Å². The van der Waals surface area contributed by atoms with E-state index in [9.17, 15) is 0 Å². The molecule has 0 radical (unpaired) electrons. The average molecular weight is 335 g/mol. The molecule has 0 N–H and O–H groups in total. The molecule has 0 bridgehead atoms. The third-order valence-electron chi connectivity index (χ3n) is 4.12. The van der Waals surface area contributed by atoms with E-state index >= 15 is 0 Å². The summed E-state index contributed by atoms with van der Waals surface area (Å²) in [5.41, 5.74) is 0.204. The summed E-state index contributed by atoms with van der Waals surface area (Å²) in [5.74, 6) is 0.981. The number of hydrogen-bond donors (Lipinski definition) is 0. The van der Waals surface area contributed by atoms with Gasteiger partial charge in [0.2, 0.25) is 0 Å². The van der Waals surface area contributed by atoms with Gasteiger partial charge >= 0.3 is 0 Å². The van der Waals surface area contributed by atoms with E-state index in [4.69, 9.17) is 9.47 Å². The van der Waals surface area contributed by atoms with E-state index in [1.807, 2.05) is 0 Å². The molecule has 0 atom stereocenters.